The number of pyridine rings is 1. The van der Waals surface area contributed by atoms with E-state index in [9.17, 15) is 0 Å². The van der Waals surface area contributed by atoms with E-state index in [0.29, 0.717) is 4.99 Å². The first-order valence-corrected chi connectivity index (χ1v) is 5.67. The van der Waals surface area contributed by atoms with Crippen LogP contribution in [-0.2, 0) is 12.8 Å². The molecule has 0 fully saturated rings. The molecule has 3 nitrogen and oxygen atoms in total. The maximum absolute atomic E-state index is 5.47. The Balaban J connectivity index is 2.10. The quantitative estimate of drug-likeness (QED) is 0.762. The van der Waals surface area contributed by atoms with Gasteiger partial charge in [-0.15, -0.1) is 0 Å². The molecule has 0 aromatic carbocycles. The van der Waals surface area contributed by atoms with E-state index < -0.39 is 0 Å². The average molecular weight is 221 g/mol. The summed E-state index contributed by atoms with van der Waals surface area (Å²) in [6.45, 7) is 1.03. The van der Waals surface area contributed by atoms with Crippen LogP contribution < -0.4 is 11.1 Å². The Kier molecular flexibility index (Phi) is 3.16. The number of hydrogen-bond donors (Lipinski definition) is 2. The summed E-state index contributed by atoms with van der Waals surface area (Å²) in [4.78, 5) is 5.12. The highest BCUT2D eigenvalue weighted by Gasteiger charge is 2.09. The first-order chi connectivity index (χ1) is 7.25. The van der Waals surface area contributed by atoms with Crippen molar-refractivity contribution in [2.75, 3.05) is 11.9 Å². The predicted molar refractivity (Wildman–Crippen MR) is 66.2 cm³/mol. The Labute approximate surface area is 95.1 Å². The normalized spacial score (nSPS) is 14.1. The number of nitrogens with zero attached hydrogens (tertiary/aromatic N) is 1. The summed E-state index contributed by atoms with van der Waals surface area (Å²) < 4.78 is 0. The third-order valence-electron chi connectivity index (χ3n) is 2.58. The van der Waals surface area contributed by atoms with E-state index in [1.54, 1.807) is 0 Å². The van der Waals surface area contributed by atoms with E-state index in [0.717, 1.165) is 37.3 Å². The minimum Gasteiger partial charge on any atom is -0.393 e. The van der Waals surface area contributed by atoms with Crippen LogP contribution in [0.5, 0.6) is 0 Å². The minimum absolute atomic E-state index is 0.558. The van der Waals surface area contributed by atoms with E-state index in [-0.39, 0.29) is 0 Å². The van der Waals surface area contributed by atoms with Gasteiger partial charge in [0.1, 0.15) is 5.82 Å². The lowest BCUT2D eigenvalue weighted by Crippen LogP contribution is -2.14. The van der Waals surface area contributed by atoms with Gasteiger partial charge in [0.2, 0.25) is 0 Å². The number of aromatic nitrogens is 1. The van der Waals surface area contributed by atoms with Gasteiger partial charge in [0.25, 0.3) is 0 Å². The SMILES string of the molecule is NC(=S)CCc1ccc2c(n1)NCCC2. The molecule has 2 rings (SSSR count). The molecule has 1 aliphatic rings. The zero-order valence-electron chi connectivity index (χ0n) is 8.62. The molecule has 0 saturated heterocycles. The smallest absolute Gasteiger partial charge is 0.129 e. The van der Waals surface area contributed by atoms with Crippen LogP contribution in [-0.4, -0.2) is 16.5 Å². The zero-order valence-corrected chi connectivity index (χ0v) is 9.44. The summed E-state index contributed by atoms with van der Waals surface area (Å²) >= 11 is 4.85. The summed E-state index contributed by atoms with van der Waals surface area (Å²) in [6, 6.07) is 4.23. The Hall–Kier alpha value is -1.16. The Bertz CT molecular complexity index is 376. The lowest BCUT2D eigenvalue weighted by atomic mass is 10.1. The van der Waals surface area contributed by atoms with Gasteiger partial charge >= 0.3 is 0 Å². The van der Waals surface area contributed by atoms with Crippen LogP contribution in [0.4, 0.5) is 5.82 Å². The number of rotatable bonds is 3. The third-order valence-corrected chi connectivity index (χ3v) is 2.78. The van der Waals surface area contributed by atoms with Crippen LogP contribution >= 0.6 is 12.2 Å². The molecule has 0 aliphatic carbocycles. The van der Waals surface area contributed by atoms with E-state index in [4.69, 9.17) is 18.0 Å². The molecule has 0 radical (unpaired) electrons. The van der Waals surface area contributed by atoms with Gasteiger partial charge in [-0.25, -0.2) is 4.98 Å². The lowest BCUT2D eigenvalue weighted by Gasteiger charge is -2.17. The zero-order chi connectivity index (χ0) is 10.7. The van der Waals surface area contributed by atoms with Crippen LogP contribution in [0.3, 0.4) is 0 Å². The topological polar surface area (TPSA) is 50.9 Å². The highest BCUT2D eigenvalue weighted by atomic mass is 32.1. The van der Waals surface area contributed by atoms with Crippen molar-refractivity contribution in [3.8, 4) is 0 Å². The van der Waals surface area contributed by atoms with Crippen LogP contribution in [0.15, 0.2) is 12.1 Å². The predicted octanol–water partition coefficient (Wildman–Crippen LogP) is 1.66. The molecular weight excluding hydrogens is 206 g/mol. The highest BCUT2D eigenvalue weighted by molar-refractivity contribution is 7.80. The lowest BCUT2D eigenvalue weighted by molar-refractivity contribution is 0.809. The number of hydrogen-bond acceptors (Lipinski definition) is 3. The number of nitrogens with one attached hydrogen (secondary N) is 1. The Morgan fingerprint density at radius 3 is 3.20 bits per heavy atom. The molecular formula is C11H15N3S. The average Bonchev–Trinajstić information content (AvgIpc) is 2.26. The van der Waals surface area contributed by atoms with Crippen molar-refractivity contribution in [2.24, 2.45) is 5.73 Å². The second-order valence-electron chi connectivity index (χ2n) is 3.81. The van der Waals surface area contributed by atoms with E-state index in [1.807, 2.05) is 0 Å². The molecule has 0 spiro atoms. The van der Waals surface area contributed by atoms with Crippen molar-refractivity contribution in [2.45, 2.75) is 25.7 Å². The molecule has 4 heteroatoms. The molecule has 0 atom stereocenters. The standard InChI is InChI=1S/C11H15N3S/c12-10(15)6-5-9-4-3-8-2-1-7-13-11(8)14-9/h3-4H,1-2,5-7H2,(H2,12,15)(H,13,14). The molecule has 1 aliphatic heterocycles. The maximum atomic E-state index is 5.47. The monoisotopic (exact) mass is 221 g/mol. The van der Waals surface area contributed by atoms with Crippen molar-refractivity contribution in [3.63, 3.8) is 0 Å². The fraction of sp³-hybridized carbons (Fsp3) is 0.455. The van der Waals surface area contributed by atoms with Gasteiger partial charge in [0.15, 0.2) is 0 Å². The van der Waals surface area contributed by atoms with Gasteiger partial charge in [0, 0.05) is 18.7 Å². The molecule has 15 heavy (non-hydrogen) atoms. The first kappa shape index (κ1) is 10.4. The fourth-order valence-corrected chi connectivity index (χ4v) is 1.86. The molecule has 1 aromatic heterocycles. The van der Waals surface area contributed by atoms with Crippen molar-refractivity contribution >= 4 is 23.0 Å². The number of aryl methyl sites for hydroxylation is 2. The Morgan fingerprint density at radius 1 is 1.53 bits per heavy atom. The molecule has 0 amide bonds. The second kappa shape index (κ2) is 4.57. The van der Waals surface area contributed by atoms with Crippen LogP contribution in [0, 0.1) is 0 Å². The number of anilines is 1. The van der Waals surface area contributed by atoms with Gasteiger partial charge in [0.05, 0.1) is 4.99 Å². The number of fused-ring (bicyclic) bond motifs is 1. The molecule has 2 heterocycles. The second-order valence-corrected chi connectivity index (χ2v) is 4.33. The van der Waals surface area contributed by atoms with Crippen LogP contribution in [0.25, 0.3) is 0 Å². The summed E-state index contributed by atoms with van der Waals surface area (Å²) in [5, 5.41) is 3.32. The van der Waals surface area contributed by atoms with Gasteiger partial charge < -0.3 is 11.1 Å². The minimum atomic E-state index is 0.558. The number of nitrogens with two attached hydrogens (primary N) is 1. The van der Waals surface area contributed by atoms with Crippen LogP contribution in [0.1, 0.15) is 24.1 Å². The van der Waals surface area contributed by atoms with Gasteiger partial charge in [-0.3, -0.25) is 0 Å². The summed E-state index contributed by atoms with van der Waals surface area (Å²) in [5.74, 6) is 1.04. The largest absolute Gasteiger partial charge is 0.393 e. The van der Waals surface area contributed by atoms with Crippen molar-refractivity contribution < 1.29 is 0 Å². The summed E-state index contributed by atoms with van der Waals surface area (Å²) in [5.41, 5.74) is 7.85. The van der Waals surface area contributed by atoms with Crippen LogP contribution in [0.2, 0.25) is 0 Å². The van der Waals surface area contributed by atoms with E-state index >= 15 is 0 Å². The van der Waals surface area contributed by atoms with Crippen molar-refractivity contribution in [1.29, 1.82) is 0 Å². The Morgan fingerprint density at radius 2 is 2.40 bits per heavy atom. The molecule has 1 aromatic rings. The first-order valence-electron chi connectivity index (χ1n) is 5.26. The molecule has 3 N–H and O–H groups in total. The van der Waals surface area contributed by atoms with Gasteiger partial charge in [-0.2, -0.15) is 0 Å². The third kappa shape index (κ3) is 2.65. The van der Waals surface area contributed by atoms with Crippen molar-refractivity contribution in [3.05, 3.63) is 23.4 Å². The fourth-order valence-electron chi connectivity index (χ4n) is 1.76. The molecule has 0 unspecified atom stereocenters. The van der Waals surface area contributed by atoms with Gasteiger partial charge in [-0.05, 0) is 30.9 Å². The number of thiocarbonyl (C=S) groups is 1. The highest BCUT2D eigenvalue weighted by Crippen LogP contribution is 2.19. The van der Waals surface area contributed by atoms with E-state index in [1.165, 1.54) is 12.0 Å². The summed E-state index contributed by atoms with van der Waals surface area (Å²) in [6.07, 6.45) is 3.90. The van der Waals surface area contributed by atoms with E-state index in [2.05, 4.69) is 22.4 Å². The molecule has 0 bridgehead atoms. The maximum Gasteiger partial charge on any atom is 0.129 e. The van der Waals surface area contributed by atoms with Crippen molar-refractivity contribution in [1.82, 2.24) is 4.98 Å². The molecule has 0 saturated carbocycles. The molecule has 80 valence electrons. The summed E-state index contributed by atoms with van der Waals surface area (Å²) in [7, 11) is 0. The van der Waals surface area contributed by atoms with Gasteiger partial charge in [-0.1, -0.05) is 18.3 Å².